The van der Waals surface area contributed by atoms with E-state index in [1.165, 1.54) is 23.1 Å². The zero-order chi connectivity index (χ0) is 27.2. The van der Waals surface area contributed by atoms with E-state index in [9.17, 15) is 9.59 Å². The quantitative estimate of drug-likeness (QED) is 0.176. The molecular weight excluding hydrogens is 520 g/mol. The van der Waals surface area contributed by atoms with Crippen LogP contribution in [0.25, 0.3) is 0 Å². The van der Waals surface area contributed by atoms with Crippen molar-refractivity contribution in [3.05, 3.63) is 64.3 Å². The van der Waals surface area contributed by atoms with Gasteiger partial charge in [0.15, 0.2) is 17.1 Å². The number of esters is 1. The first-order valence-corrected chi connectivity index (χ1v) is 14.6. The zero-order valence-electron chi connectivity index (χ0n) is 22.3. The number of aromatic nitrogens is 3. The summed E-state index contributed by atoms with van der Waals surface area (Å²) in [4.78, 5) is 26.9. The second kappa shape index (κ2) is 12.6. The number of ether oxygens (including phenoxy) is 2. The van der Waals surface area contributed by atoms with Gasteiger partial charge in [-0.15, -0.1) is 28.1 Å². The van der Waals surface area contributed by atoms with Crippen LogP contribution in [-0.2, 0) is 28.9 Å². The van der Waals surface area contributed by atoms with Crippen LogP contribution in [0.1, 0.15) is 65.5 Å². The molecule has 0 fully saturated rings. The van der Waals surface area contributed by atoms with E-state index in [0.717, 1.165) is 41.0 Å². The number of fused-ring (bicyclic) bond motifs is 1. The van der Waals surface area contributed by atoms with Gasteiger partial charge in [0.25, 0.3) is 0 Å². The smallest absolute Gasteiger partial charge is 0.341 e. The minimum atomic E-state index is -0.375. The van der Waals surface area contributed by atoms with Gasteiger partial charge < -0.3 is 14.8 Å². The van der Waals surface area contributed by atoms with Crippen molar-refractivity contribution in [1.29, 1.82) is 0 Å². The number of nitrogens with zero attached hydrogens (tertiary/aromatic N) is 3. The number of nitrogens with one attached hydrogen (secondary N) is 1. The van der Waals surface area contributed by atoms with Crippen LogP contribution in [0.3, 0.4) is 0 Å². The number of aryl methyl sites for hydroxylation is 1. The highest BCUT2D eigenvalue weighted by molar-refractivity contribution is 7.99. The third-order valence-electron chi connectivity index (χ3n) is 6.30. The van der Waals surface area contributed by atoms with Crippen LogP contribution < -0.4 is 10.1 Å². The Bertz CT molecular complexity index is 1320. The molecule has 0 aliphatic heterocycles. The van der Waals surface area contributed by atoms with Gasteiger partial charge in [-0.3, -0.25) is 9.36 Å². The summed E-state index contributed by atoms with van der Waals surface area (Å²) in [6.07, 6.45) is 4.17. The van der Waals surface area contributed by atoms with Crippen molar-refractivity contribution in [2.75, 3.05) is 17.7 Å². The largest absolute Gasteiger partial charge is 0.483 e. The molecule has 38 heavy (non-hydrogen) atoms. The van der Waals surface area contributed by atoms with Crippen LogP contribution in [0.2, 0.25) is 0 Å². The average Bonchev–Trinajstić information content (AvgIpc) is 3.43. The fourth-order valence-electron chi connectivity index (χ4n) is 4.50. The molecule has 0 saturated heterocycles. The number of hydrogen-bond donors (Lipinski definition) is 1. The Kier molecular flexibility index (Phi) is 9.27. The number of carbonyl (C=O) groups excluding carboxylic acids is 2. The van der Waals surface area contributed by atoms with Gasteiger partial charge in [0.05, 0.1) is 17.9 Å². The molecule has 0 saturated carbocycles. The van der Waals surface area contributed by atoms with E-state index in [1.807, 2.05) is 42.7 Å². The molecule has 0 radical (unpaired) electrons. The Hall–Kier alpha value is -3.11. The molecule has 1 N–H and O–H groups in total. The van der Waals surface area contributed by atoms with E-state index in [4.69, 9.17) is 9.47 Å². The molecule has 3 aromatic rings. The molecule has 1 aliphatic carbocycles. The van der Waals surface area contributed by atoms with Gasteiger partial charge in [0, 0.05) is 11.4 Å². The van der Waals surface area contributed by atoms with Gasteiger partial charge in [0.1, 0.15) is 10.8 Å². The van der Waals surface area contributed by atoms with Crippen molar-refractivity contribution < 1.29 is 19.1 Å². The Morgan fingerprint density at radius 3 is 2.92 bits per heavy atom. The first-order valence-electron chi connectivity index (χ1n) is 12.8. The normalized spacial score (nSPS) is 15.4. The minimum Gasteiger partial charge on any atom is -0.483 e. The van der Waals surface area contributed by atoms with Crippen molar-refractivity contribution >= 4 is 40.0 Å². The summed E-state index contributed by atoms with van der Waals surface area (Å²) in [5, 5.41) is 12.8. The lowest BCUT2D eigenvalue weighted by atomic mass is 9.88. The summed E-state index contributed by atoms with van der Waals surface area (Å²) < 4.78 is 13.3. The van der Waals surface area contributed by atoms with Crippen LogP contribution in [0.15, 0.2) is 42.1 Å². The minimum absolute atomic E-state index is 0.115. The number of amides is 1. The molecule has 2 heterocycles. The van der Waals surface area contributed by atoms with Crippen molar-refractivity contribution in [3.8, 4) is 5.75 Å². The van der Waals surface area contributed by atoms with E-state index in [0.29, 0.717) is 34.0 Å². The van der Waals surface area contributed by atoms with Crippen molar-refractivity contribution in [2.45, 2.75) is 64.8 Å². The lowest BCUT2D eigenvalue weighted by Crippen LogP contribution is -2.18. The maximum absolute atomic E-state index is 13.0. The third-order valence-corrected chi connectivity index (χ3v) is 8.44. The van der Waals surface area contributed by atoms with Gasteiger partial charge >= 0.3 is 5.97 Å². The third kappa shape index (κ3) is 6.47. The lowest BCUT2D eigenvalue weighted by Gasteiger charge is -2.18. The number of benzene rings is 1. The number of thiophene rings is 1. The molecule has 2 unspecified atom stereocenters. The van der Waals surface area contributed by atoms with Crippen LogP contribution in [0.5, 0.6) is 5.75 Å². The fraction of sp³-hybridized carbons (Fsp3) is 0.429. The second-order valence-electron chi connectivity index (χ2n) is 9.43. The summed E-state index contributed by atoms with van der Waals surface area (Å²) in [5.74, 6) is 1.48. The van der Waals surface area contributed by atoms with E-state index in [1.54, 1.807) is 13.0 Å². The molecule has 1 aliphatic rings. The van der Waals surface area contributed by atoms with Gasteiger partial charge in [0.2, 0.25) is 5.91 Å². The van der Waals surface area contributed by atoms with Gasteiger partial charge in [-0.05, 0) is 69.2 Å². The predicted molar refractivity (Wildman–Crippen MR) is 151 cm³/mol. The monoisotopic (exact) mass is 554 g/mol. The topological polar surface area (TPSA) is 95.3 Å². The van der Waals surface area contributed by atoms with Crippen molar-refractivity contribution in [2.24, 2.45) is 5.92 Å². The molecule has 0 spiro atoms. The highest BCUT2D eigenvalue weighted by Gasteiger charge is 2.29. The maximum Gasteiger partial charge on any atom is 0.341 e. The Morgan fingerprint density at radius 1 is 1.37 bits per heavy atom. The SMILES string of the molecule is C=CCn1c(SCC(=O)Nc2sc3c(c2C(=O)OCC)CCC(C)C3)nnc1C(C)Oc1cccc(C)c1. The summed E-state index contributed by atoms with van der Waals surface area (Å²) in [7, 11) is 0. The number of hydrogen-bond acceptors (Lipinski definition) is 8. The van der Waals surface area contributed by atoms with Crippen molar-refractivity contribution in [1.82, 2.24) is 14.8 Å². The summed E-state index contributed by atoms with van der Waals surface area (Å²) in [6, 6.07) is 7.84. The van der Waals surface area contributed by atoms with Crippen LogP contribution in [0, 0.1) is 12.8 Å². The van der Waals surface area contributed by atoms with E-state index in [2.05, 4.69) is 29.0 Å². The Balaban J connectivity index is 1.46. The molecular formula is C28H34N4O4S2. The van der Waals surface area contributed by atoms with E-state index >= 15 is 0 Å². The molecule has 4 rings (SSSR count). The first kappa shape index (κ1) is 27.9. The van der Waals surface area contributed by atoms with E-state index < -0.39 is 0 Å². The average molecular weight is 555 g/mol. The van der Waals surface area contributed by atoms with Crippen molar-refractivity contribution in [3.63, 3.8) is 0 Å². The molecule has 2 atom stereocenters. The summed E-state index contributed by atoms with van der Waals surface area (Å²) in [5.41, 5.74) is 2.64. The number of anilines is 1. The van der Waals surface area contributed by atoms with Crippen LogP contribution in [-0.4, -0.2) is 39.0 Å². The lowest BCUT2D eigenvalue weighted by molar-refractivity contribution is -0.113. The second-order valence-corrected chi connectivity index (χ2v) is 11.5. The highest BCUT2D eigenvalue weighted by atomic mass is 32.2. The molecule has 10 heteroatoms. The van der Waals surface area contributed by atoms with Gasteiger partial charge in [-0.25, -0.2) is 4.79 Å². The zero-order valence-corrected chi connectivity index (χ0v) is 23.9. The first-order chi connectivity index (χ1) is 18.3. The fourth-order valence-corrected chi connectivity index (χ4v) is 6.67. The molecule has 2 aromatic heterocycles. The van der Waals surface area contributed by atoms with Crippen LogP contribution in [0.4, 0.5) is 5.00 Å². The molecule has 8 nitrogen and oxygen atoms in total. The summed E-state index contributed by atoms with van der Waals surface area (Å²) >= 11 is 2.77. The maximum atomic E-state index is 13.0. The van der Waals surface area contributed by atoms with Crippen LogP contribution >= 0.6 is 23.1 Å². The highest BCUT2D eigenvalue weighted by Crippen LogP contribution is 2.40. The van der Waals surface area contributed by atoms with Gasteiger partial charge in [-0.2, -0.15) is 0 Å². The summed E-state index contributed by atoms with van der Waals surface area (Å²) in [6.45, 7) is 12.6. The molecule has 202 valence electrons. The number of carbonyl (C=O) groups is 2. The molecule has 0 bridgehead atoms. The van der Waals surface area contributed by atoms with Gasteiger partial charge in [-0.1, -0.05) is 36.9 Å². The Labute approximate surface area is 231 Å². The van der Waals surface area contributed by atoms with E-state index in [-0.39, 0.29) is 30.3 Å². The molecule has 1 aromatic carbocycles. The number of rotatable bonds is 11. The number of allylic oxidation sites excluding steroid dienone is 1. The standard InChI is InChI=1S/C28H34N4O4S2/c1-6-13-32-25(19(5)36-20-10-8-9-17(3)14-20)30-31-28(32)37-16-23(33)29-26-24(27(34)35-7-2)21-12-11-18(4)15-22(21)38-26/h6,8-10,14,18-19H,1,7,11-13,15-16H2,2-5H3,(H,29,33). The molecule has 1 amide bonds. The Morgan fingerprint density at radius 2 is 2.18 bits per heavy atom. The number of thioether (sulfide) groups is 1. The predicted octanol–water partition coefficient (Wildman–Crippen LogP) is 6.01.